The van der Waals surface area contributed by atoms with Crippen LogP contribution in [0.25, 0.3) is 0 Å². The quantitative estimate of drug-likeness (QED) is 0.775. The standard InChI is InChI=1S/C12H18FNS/c1-9(2)14-8-10(3)15-12-6-4-5-11(13)7-12/h4-7,9-10,14H,8H2,1-3H3. The molecular formula is C12H18FNS. The van der Waals surface area contributed by atoms with E-state index in [-0.39, 0.29) is 5.82 Å². The Kier molecular flexibility index (Phi) is 5.12. The fourth-order valence-corrected chi connectivity index (χ4v) is 2.20. The Morgan fingerprint density at radius 3 is 2.67 bits per heavy atom. The first kappa shape index (κ1) is 12.5. The van der Waals surface area contributed by atoms with Gasteiger partial charge in [0.25, 0.3) is 0 Å². The number of benzene rings is 1. The van der Waals surface area contributed by atoms with Gasteiger partial charge in [0.1, 0.15) is 5.82 Å². The second kappa shape index (κ2) is 6.13. The Labute approximate surface area is 95.5 Å². The van der Waals surface area contributed by atoms with Crippen molar-refractivity contribution in [3.05, 3.63) is 30.1 Å². The van der Waals surface area contributed by atoms with E-state index in [1.54, 1.807) is 23.9 Å². The zero-order chi connectivity index (χ0) is 11.3. The predicted octanol–water partition coefficient (Wildman–Crippen LogP) is 3.30. The summed E-state index contributed by atoms with van der Waals surface area (Å²) in [6, 6.07) is 7.25. The topological polar surface area (TPSA) is 12.0 Å². The molecule has 1 nitrogen and oxygen atoms in total. The van der Waals surface area contributed by atoms with Crippen molar-refractivity contribution in [2.24, 2.45) is 0 Å². The maximum Gasteiger partial charge on any atom is 0.124 e. The van der Waals surface area contributed by atoms with Crippen LogP contribution in [0.5, 0.6) is 0 Å². The lowest BCUT2D eigenvalue weighted by atomic mass is 10.3. The van der Waals surface area contributed by atoms with Gasteiger partial charge in [-0.05, 0) is 18.2 Å². The van der Waals surface area contributed by atoms with E-state index < -0.39 is 0 Å². The van der Waals surface area contributed by atoms with Gasteiger partial charge < -0.3 is 5.32 Å². The minimum atomic E-state index is -0.163. The fraction of sp³-hybridized carbons (Fsp3) is 0.500. The summed E-state index contributed by atoms with van der Waals surface area (Å²) in [4.78, 5) is 0.994. The van der Waals surface area contributed by atoms with Crippen molar-refractivity contribution >= 4 is 11.8 Å². The molecule has 1 unspecified atom stereocenters. The summed E-state index contributed by atoms with van der Waals surface area (Å²) >= 11 is 1.70. The van der Waals surface area contributed by atoms with Crippen molar-refractivity contribution in [2.45, 2.75) is 37.0 Å². The second-order valence-corrected chi connectivity index (χ2v) is 5.46. The van der Waals surface area contributed by atoms with Gasteiger partial charge in [-0.25, -0.2) is 4.39 Å². The van der Waals surface area contributed by atoms with Crippen LogP contribution in [0.3, 0.4) is 0 Å². The van der Waals surface area contributed by atoms with Gasteiger partial charge in [0, 0.05) is 22.7 Å². The normalized spacial score (nSPS) is 13.1. The van der Waals surface area contributed by atoms with E-state index in [4.69, 9.17) is 0 Å². The minimum Gasteiger partial charge on any atom is -0.313 e. The van der Waals surface area contributed by atoms with Gasteiger partial charge in [0.15, 0.2) is 0 Å². The van der Waals surface area contributed by atoms with Crippen LogP contribution in [-0.2, 0) is 0 Å². The molecule has 0 radical (unpaired) electrons. The largest absolute Gasteiger partial charge is 0.313 e. The number of halogens is 1. The number of thioether (sulfide) groups is 1. The minimum absolute atomic E-state index is 0.163. The Morgan fingerprint density at radius 1 is 1.33 bits per heavy atom. The molecule has 0 aliphatic heterocycles. The van der Waals surface area contributed by atoms with E-state index in [0.29, 0.717) is 11.3 Å². The van der Waals surface area contributed by atoms with E-state index >= 15 is 0 Å². The maximum absolute atomic E-state index is 12.9. The van der Waals surface area contributed by atoms with Crippen molar-refractivity contribution in [1.29, 1.82) is 0 Å². The van der Waals surface area contributed by atoms with Crippen LogP contribution in [0.15, 0.2) is 29.2 Å². The average Bonchev–Trinajstić information content (AvgIpc) is 2.15. The molecule has 0 aromatic heterocycles. The second-order valence-electron chi connectivity index (χ2n) is 3.95. The van der Waals surface area contributed by atoms with Crippen LogP contribution < -0.4 is 5.32 Å². The summed E-state index contributed by atoms with van der Waals surface area (Å²) < 4.78 is 12.9. The lowest BCUT2D eigenvalue weighted by Crippen LogP contribution is -2.28. The molecule has 0 amide bonds. The van der Waals surface area contributed by atoms with Crippen LogP contribution in [0.4, 0.5) is 4.39 Å². The van der Waals surface area contributed by atoms with Gasteiger partial charge in [-0.1, -0.05) is 26.8 Å². The first-order valence-electron chi connectivity index (χ1n) is 5.23. The summed E-state index contributed by atoms with van der Waals surface area (Å²) in [5, 5.41) is 3.82. The lowest BCUT2D eigenvalue weighted by Gasteiger charge is -2.14. The molecular weight excluding hydrogens is 209 g/mol. The van der Waals surface area contributed by atoms with Gasteiger partial charge in [-0.3, -0.25) is 0 Å². The van der Waals surface area contributed by atoms with Crippen LogP contribution in [0, 0.1) is 5.82 Å². The van der Waals surface area contributed by atoms with Crippen LogP contribution >= 0.6 is 11.8 Å². The molecule has 0 saturated heterocycles. The first-order valence-corrected chi connectivity index (χ1v) is 6.11. The fourth-order valence-electron chi connectivity index (χ4n) is 1.22. The molecule has 84 valence electrons. The van der Waals surface area contributed by atoms with Gasteiger partial charge in [-0.15, -0.1) is 11.8 Å². The highest BCUT2D eigenvalue weighted by Gasteiger charge is 2.05. The molecule has 0 fully saturated rings. The number of hydrogen-bond acceptors (Lipinski definition) is 2. The molecule has 0 heterocycles. The van der Waals surface area contributed by atoms with E-state index in [0.717, 1.165) is 11.4 Å². The summed E-state index contributed by atoms with van der Waals surface area (Å²) in [7, 11) is 0. The number of hydrogen-bond donors (Lipinski definition) is 1. The molecule has 1 aromatic rings. The average molecular weight is 227 g/mol. The summed E-state index contributed by atoms with van der Waals surface area (Å²) in [6.45, 7) is 7.34. The third-order valence-corrected chi connectivity index (χ3v) is 3.04. The highest BCUT2D eigenvalue weighted by molar-refractivity contribution is 8.00. The molecule has 0 bridgehead atoms. The highest BCUT2D eigenvalue weighted by Crippen LogP contribution is 2.23. The van der Waals surface area contributed by atoms with E-state index in [2.05, 4.69) is 26.1 Å². The van der Waals surface area contributed by atoms with E-state index in [1.165, 1.54) is 6.07 Å². The molecule has 1 rings (SSSR count). The third kappa shape index (κ3) is 5.19. The third-order valence-electron chi connectivity index (χ3n) is 1.95. The molecule has 1 aromatic carbocycles. The molecule has 1 atom stereocenters. The smallest absolute Gasteiger partial charge is 0.124 e. The molecule has 0 saturated carbocycles. The number of rotatable bonds is 5. The Balaban J connectivity index is 2.40. The van der Waals surface area contributed by atoms with Crippen molar-refractivity contribution in [3.63, 3.8) is 0 Å². The zero-order valence-electron chi connectivity index (χ0n) is 9.46. The summed E-state index contributed by atoms with van der Waals surface area (Å²) in [5.41, 5.74) is 0. The number of nitrogens with one attached hydrogen (secondary N) is 1. The predicted molar refractivity (Wildman–Crippen MR) is 64.9 cm³/mol. The Bertz CT molecular complexity index is 301. The van der Waals surface area contributed by atoms with E-state index in [1.807, 2.05) is 6.07 Å². The van der Waals surface area contributed by atoms with Crippen LogP contribution in [0.2, 0.25) is 0 Å². The van der Waals surface area contributed by atoms with Crippen molar-refractivity contribution in [3.8, 4) is 0 Å². The molecule has 3 heteroatoms. The summed E-state index contributed by atoms with van der Waals surface area (Å²) in [6.07, 6.45) is 0. The molecule has 0 spiro atoms. The zero-order valence-corrected chi connectivity index (χ0v) is 10.3. The summed E-state index contributed by atoms with van der Waals surface area (Å²) in [5.74, 6) is -0.163. The molecule has 1 N–H and O–H groups in total. The van der Waals surface area contributed by atoms with Gasteiger partial charge in [0.2, 0.25) is 0 Å². The monoisotopic (exact) mass is 227 g/mol. The van der Waals surface area contributed by atoms with Crippen LogP contribution in [0.1, 0.15) is 20.8 Å². The van der Waals surface area contributed by atoms with Crippen LogP contribution in [-0.4, -0.2) is 17.8 Å². The molecule has 15 heavy (non-hydrogen) atoms. The van der Waals surface area contributed by atoms with Gasteiger partial charge >= 0.3 is 0 Å². The highest BCUT2D eigenvalue weighted by atomic mass is 32.2. The van der Waals surface area contributed by atoms with Crippen molar-refractivity contribution in [2.75, 3.05) is 6.54 Å². The molecule has 0 aliphatic carbocycles. The van der Waals surface area contributed by atoms with Gasteiger partial charge in [0.05, 0.1) is 0 Å². The Hall–Kier alpha value is -0.540. The van der Waals surface area contributed by atoms with Gasteiger partial charge in [-0.2, -0.15) is 0 Å². The Morgan fingerprint density at radius 2 is 2.07 bits per heavy atom. The van der Waals surface area contributed by atoms with Crippen molar-refractivity contribution in [1.82, 2.24) is 5.32 Å². The first-order chi connectivity index (χ1) is 7.08. The van der Waals surface area contributed by atoms with Crippen molar-refractivity contribution < 1.29 is 4.39 Å². The van der Waals surface area contributed by atoms with E-state index in [9.17, 15) is 4.39 Å². The lowest BCUT2D eigenvalue weighted by molar-refractivity contribution is 0.589. The SMILES string of the molecule is CC(C)NCC(C)Sc1cccc(F)c1. The molecule has 0 aliphatic rings. The maximum atomic E-state index is 12.9.